The summed E-state index contributed by atoms with van der Waals surface area (Å²) in [6.45, 7) is 21.2. The zero-order valence-electron chi connectivity index (χ0n) is 38.1. The number of ether oxygens (including phenoxy) is 12. The Morgan fingerprint density at radius 2 is 1.70 bits per heavy atom. The highest BCUT2D eigenvalue weighted by Crippen LogP contribution is 2.59. The molecular formula is C48H71ClO15. The van der Waals surface area contributed by atoms with Crippen molar-refractivity contribution in [2.45, 2.75) is 225 Å². The van der Waals surface area contributed by atoms with Gasteiger partial charge in [0.15, 0.2) is 11.6 Å². The second-order valence-electron chi connectivity index (χ2n) is 20.5. The lowest BCUT2D eigenvalue weighted by molar-refractivity contribution is -0.355. The lowest BCUT2D eigenvalue weighted by atomic mass is 9.79. The van der Waals surface area contributed by atoms with Gasteiger partial charge in [0.1, 0.15) is 36.6 Å². The van der Waals surface area contributed by atoms with Gasteiger partial charge in [-0.25, -0.2) is 0 Å². The Morgan fingerprint density at radius 3 is 2.48 bits per heavy atom. The van der Waals surface area contributed by atoms with Crippen molar-refractivity contribution in [1.29, 1.82) is 0 Å². The van der Waals surface area contributed by atoms with E-state index in [0.29, 0.717) is 76.4 Å². The molecule has 0 aliphatic carbocycles. The van der Waals surface area contributed by atoms with Crippen LogP contribution in [-0.2, 0) is 61.6 Å². The molecule has 21 unspecified atom stereocenters. The summed E-state index contributed by atoms with van der Waals surface area (Å²) in [5, 5.41) is 22.5. The number of aliphatic hydroxyl groups excluding tert-OH is 2. The van der Waals surface area contributed by atoms with E-state index in [0.717, 1.165) is 12.0 Å². The number of alkyl halides is 1. The second-order valence-corrected chi connectivity index (χ2v) is 21.1. The molecule has 10 aliphatic rings. The van der Waals surface area contributed by atoms with E-state index in [4.69, 9.17) is 68.4 Å². The van der Waals surface area contributed by atoms with Crippen LogP contribution in [0.25, 0.3) is 0 Å². The van der Waals surface area contributed by atoms with Crippen molar-refractivity contribution in [2.24, 2.45) is 11.8 Å². The molecule has 0 aromatic rings. The van der Waals surface area contributed by atoms with Gasteiger partial charge in [0.25, 0.3) is 0 Å². The first-order valence-electron chi connectivity index (χ1n) is 23.8. The Bertz CT molecular complexity index is 1730. The number of rotatable bonds is 16. The molecule has 0 saturated carbocycles. The molecule has 10 saturated heterocycles. The quantitative estimate of drug-likeness (QED) is 0.116. The molecule has 64 heavy (non-hydrogen) atoms. The second kappa shape index (κ2) is 18.8. The minimum absolute atomic E-state index is 0.114. The molecule has 10 aliphatic heterocycles. The van der Waals surface area contributed by atoms with Crippen LogP contribution in [0.1, 0.15) is 105 Å². The Kier molecular flexibility index (Phi) is 13.9. The van der Waals surface area contributed by atoms with E-state index in [1.54, 1.807) is 6.08 Å². The van der Waals surface area contributed by atoms with Gasteiger partial charge in [0.05, 0.1) is 94.2 Å². The van der Waals surface area contributed by atoms with Crippen LogP contribution in [0.2, 0.25) is 0 Å². The van der Waals surface area contributed by atoms with Gasteiger partial charge in [-0.15, -0.1) is 18.2 Å². The highest BCUT2D eigenvalue weighted by molar-refractivity contribution is 6.20. The standard InChI is InChI=1S/C48H71ClO15/c1-9-16-54-48-23-47(62-42-41-32(13-11-30(57-41)19-38(51)53-8)59-44(43(42)63-48)45(48)64-47)15-14-28(49)17-25(3)31(50)12-10-29-18-24(2)26(4)33(56-29)20-35-39(52)27(5)40-36(58-35)21-34-37(60-40)22-55-46(6,7)61-34/h9,24,27-37,39-45,50,52H,1,3-4,10-23H2,2,5-8H3. The van der Waals surface area contributed by atoms with Crippen LogP contribution in [0.4, 0.5) is 0 Å². The summed E-state index contributed by atoms with van der Waals surface area (Å²) in [5.41, 5.74) is 1.65. The van der Waals surface area contributed by atoms with E-state index < -0.39 is 66.2 Å². The lowest BCUT2D eigenvalue weighted by Crippen LogP contribution is -2.63. The summed E-state index contributed by atoms with van der Waals surface area (Å²) in [5.74, 6) is -3.13. The number of fused-ring (bicyclic) bond motifs is 3. The van der Waals surface area contributed by atoms with Crippen molar-refractivity contribution in [1.82, 2.24) is 0 Å². The van der Waals surface area contributed by atoms with E-state index in [9.17, 15) is 15.0 Å². The van der Waals surface area contributed by atoms with E-state index in [2.05, 4.69) is 26.7 Å². The van der Waals surface area contributed by atoms with E-state index in [1.165, 1.54) is 7.11 Å². The smallest absolute Gasteiger partial charge is 0.308 e. The Morgan fingerprint density at radius 1 is 0.922 bits per heavy atom. The maximum Gasteiger partial charge on any atom is 0.308 e. The molecule has 0 radical (unpaired) electrons. The topological polar surface area (TPSA) is 168 Å². The van der Waals surface area contributed by atoms with Gasteiger partial charge in [-0.3, -0.25) is 4.79 Å². The van der Waals surface area contributed by atoms with Crippen molar-refractivity contribution < 1.29 is 71.8 Å². The zero-order valence-corrected chi connectivity index (χ0v) is 38.9. The minimum Gasteiger partial charge on any atom is -0.469 e. The number of methoxy groups -OCH3 is 1. The molecule has 0 aromatic heterocycles. The number of esters is 1. The average molecular weight is 924 g/mol. The van der Waals surface area contributed by atoms with Gasteiger partial charge in [-0.05, 0) is 75.9 Å². The number of hydrogen-bond acceptors (Lipinski definition) is 15. The van der Waals surface area contributed by atoms with Crippen molar-refractivity contribution in [2.75, 3.05) is 20.3 Å². The molecule has 21 atom stereocenters. The summed E-state index contributed by atoms with van der Waals surface area (Å²) in [4.78, 5) is 12.2. The molecule has 15 nitrogen and oxygen atoms in total. The van der Waals surface area contributed by atoms with E-state index in [-0.39, 0.29) is 85.0 Å². The first-order chi connectivity index (χ1) is 30.5. The minimum atomic E-state index is -1.08. The summed E-state index contributed by atoms with van der Waals surface area (Å²) in [6, 6.07) is 0. The van der Waals surface area contributed by atoms with Gasteiger partial charge in [0, 0.05) is 30.6 Å². The fourth-order valence-electron chi connectivity index (χ4n) is 12.1. The SMILES string of the molecule is C=CCOC12CC3(CCC(Cl)CC(=C)C(O)CCC4CC(C)C(=C)C(CC5OC6CC7OC(C)(C)OCC7OC6C(C)C5O)O4)OC4C5OC(CC(=O)OC)CCC5OC(C4O1)C2O3. The van der Waals surface area contributed by atoms with Crippen molar-refractivity contribution in [3.05, 3.63) is 37.0 Å². The van der Waals surface area contributed by atoms with Crippen LogP contribution in [0.15, 0.2) is 37.0 Å². The normalized spacial score (nSPS) is 47.4. The summed E-state index contributed by atoms with van der Waals surface area (Å²) in [6.07, 6.45) is 1.74. The van der Waals surface area contributed by atoms with Gasteiger partial charge in [0.2, 0.25) is 5.79 Å². The molecule has 0 aromatic carbocycles. The predicted octanol–water partition coefficient (Wildman–Crippen LogP) is 5.33. The summed E-state index contributed by atoms with van der Waals surface area (Å²) >= 11 is 7.05. The maximum absolute atomic E-state index is 12.2. The molecule has 360 valence electrons. The molecule has 6 bridgehead atoms. The molecule has 10 heterocycles. The lowest BCUT2D eigenvalue weighted by Gasteiger charge is -2.53. The van der Waals surface area contributed by atoms with Crippen molar-refractivity contribution >= 4 is 17.6 Å². The molecule has 10 rings (SSSR count). The fourth-order valence-corrected chi connectivity index (χ4v) is 12.4. The van der Waals surface area contributed by atoms with Gasteiger partial charge >= 0.3 is 5.97 Å². The first kappa shape index (κ1) is 47.5. The van der Waals surface area contributed by atoms with Crippen LogP contribution < -0.4 is 0 Å². The van der Waals surface area contributed by atoms with Crippen LogP contribution >= 0.6 is 11.6 Å². The number of carbonyl (C=O) groups is 1. The predicted molar refractivity (Wildman–Crippen MR) is 230 cm³/mol. The van der Waals surface area contributed by atoms with Crippen LogP contribution in [0, 0.1) is 11.8 Å². The third-order valence-electron chi connectivity index (χ3n) is 15.6. The average Bonchev–Trinajstić information content (AvgIpc) is 3.63. The fraction of sp³-hybridized carbons (Fsp3) is 0.854. The van der Waals surface area contributed by atoms with Gasteiger partial charge < -0.3 is 67.1 Å². The Labute approximate surface area is 382 Å². The number of hydrogen-bond donors (Lipinski definition) is 2. The molecular weight excluding hydrogens is 852 g/mol. The largest absolute Gasteiger partial charge is 0.469 e. The molecule has 2 N–H and O–H groups in total. The maximum atomic E-state index is 12.2. The number of carbonyl (C=O) groups excluding carboxylic acids is 1. The summed E-state index contributed by atoms with van der Waals surface area (Å²) < 4.78 is 76.6. The van der Waals surface area contributed by atoms with Crippen LogP contribution in [-0.4, -0.2) is 157 Å². The highest BCUT2D eigenvalue weighted by Gasteiger charge is 2.75. The molecule has 0 amide bonds. The van der Waals surface area contributed by atoms with Crippen LogP contribution in [0.5, 0.6) is 0 Å². The number of aliphatic hydroxyl groups is 2. The molecule has 10 fully saturated rings. The Hall–Kier alpha value is -1.54. The van der Waals surface area contributed by atoms with Crippen molar-refractivity contribution in [3.8, 4) is 0 Å². The van der Waals surface area contributed by atoms with Gasteiger partial charge in [-0.2, -0.15) is 0 Å². The highest BCUT2D eigenvalue weighted by atomic mass is 35.5. The van der Waals surface area contributed by atoms with Gasteiger partial charge in [-0.1, -0.05) is 33.1 Å². The van der Waals surface area contributed by atoms with Crippen LogP contribution in [0.3, 0.4) is 0 Å². The van der Waals surface area contributed by atoms with E-state index in [1.807, 2.05) is 20.8 Å². The van der Waals surface area contributed by atoms with Crippen molar-refractivity contribution in [3.63, 3.8) is 0 Å². The molecule has 16 heteroatoms. The third-order valence-corrected chi connectivity index (χ3v) is 15.9. The Balaban J connectivity index is 0.775. The first-order valence-corrected chi connectivity index (χ1v) is 24.2. The summed E-state index contributed by atoms with van der Waals surface area (Å²) in [7, 11) is 1.38. The monoisotopic (exact) mass is 922 g/mol. The number of halogens is 1. The van der Waals surface area contributed by atoms with E-state index >= 15 is 0 Å². The third kappa shape index (κ3) is 9.32. The zero-order chi connectivity index (χ0) is 45.3. The molecule has 0 spiro atoms.